The van der Waals surface area contributed by atoms with Crippen LogP contribution in [0.5, 0.6) is 0 Å². The van der Waals surface area contributed by atoms with E-state index in [4.69, 9.17) is 0 Å². The minimum atomic E-state index is -3.18. The second-order valence-electron chi connectivity index (χ2n) is 8.33. The number of rotatable bonds is 5. The largest absolute Gasteiger partial charge is 0.338 e. The number of hydrogen-bond donors (Lipinski definition) is 2. The molecule has 5 aromatic rings. The van der Waals surface area contributed by atoms with Gasteiger partial charge in [-0.3, -0.25) is 9.59 Å². The van der Waals surface area contributed by atoms with Gasteiger partial charge in [-0.15, -0.1) is 0 Å². The van der Waals surface area contributed by atoms with Crippen molar-refractivity contribution in [1.82, 2.24) is 19.9 Å². The highest BCUT2D eigenvalue weighted by Gasteiger charge is 2.44. The van der Waals surface area contributed by atoms with Gasteiger partial charge in [0.25, 0.3) is 5.92 Å². The molecule has 37 heavy (non-hydrogen) atoms. The summed E-state index contributed by atoms with van der Waals surface area (Å²) in [5.41, 5.74) is 5.83. The number of halogens is 2. The number of nitrogens with one attached hydrogen (secondary N) is 2. The van der Waals surface area contributed by atoms with Gasteiger partial charge >= 0.3 is 0 Å². The van der Waals surface area contributed by atoms with Gasteiger partial charge in [-0.2, -0.15) is 8.78 Å². The van der Waals surface area contributed by atoms with Gasteiger partial charge in [0.2, 0.25) is 0 Å². The topological polar surface area (TPSA) is 91.5 Å². The molecule has 2 aromatic heterocycles. The van der Waals surface area contributed by atoms with Crippen molar-refractivity contribution in [1.29, 1.82) is 0 Å². The number of fused-ring (bicyclic) bond motifs is 4. The van der Waals surface area contributed by atoms with Crippen molar-refractivity contribution in [3.8, 4) is 34.1 Å². The Morgan fingerprint density at radius 3 is 2.32 bits per heavy atom. The maximum Gasteiger partial charge on any atom is 0.299 e. The summed E-state index contributed by atoms with van der Waals surface area (Å²) in [5, 5.41) is 0. The second-order valence-corrected chi connectivity index (χ2v) is 10.3. The van der Waals surface area contributed by atoms with E-state index < -0.39 is 5.92 Å². The van der Waals surface area contributed by atoms with E-state index in [0.29, 0.717) is 39.1 Å². The van der Waals surface area contributed by atoms with Gasteiger partial charge in [0, 0.05) is 33.9 Å². The van der Waals surface area contributed by atoms with E-state index in [1.165, 1.54) is 18.3 Å². The monoisotopic (exact) mass is 528 g/mol. The van der Waals surface area contributed by atoms with Gasteiger partial charge in [-0.05, 0) is 58.5 Å². The lowest BCUT2D eigenvalue weighted by atomic mass is 9.98. The number of H-pyrrole nitrogens is 2. The van der Waals surface area contributed by atoms with Crippen LogP contribution in [-0.2, 0) is 15.5 Å². The van der Waals surface area contributed by atoms with Crippen molar-refractivity contribution in [2.75, 3.05) is 0 Å². The van der Waals surface area contributed by atoms with Crippen LogP contribution in [-0.4, -0.2) is 32.0 Å². The Balaban J connectivity index is 1.33. The molecule has 1 aliphatic carbocycles. The highest BCUT2D eigenvalue weighted by molar-refractivity contribution is 7.62. The Hall–Kier alpha value is -4.04. The van der Waals surface area contributed by atoms with Crippen LogP contribution in [0.25, 0.3) is 33.3 Å². The van der Waals surface area contributed by atoms with Gasteiger partial charge in [-0.1, -0.05) is 30.2 Å². The fourth-order valence-corrected chi connectivity index (χ4v) is 5.41. The summed E-state index contributed by atoms with van der Waals surface area (Å²) in [7, 11) is -0.160. The van der Waals surface area contributed by atoms with E-state index in [1.807, 2.05) is 24.3 Å². The van der Waals surface area contributed by atoms with Crippen molar-refractivity contribution in [3.05, 3.63) is 83.2 Å². The number of imidazole rings is 2. The Labute approximate surface area is 212 Å². The number of hydrogen-bond acceptors (Lipinski definition) is 4. The maximum absolute atomic E-state index is 15.7. The molecule has 2 atom stereocenters. The molecule has 2 unspecified atom stereocenters. The molecular formula is C27H16F2N4O2P2. The van der Waals surface area contributed by atoms with E-state index in [9.17, 15) is 9.59 Å². The summed E-state index contributed by atoms with van der Waals surface area (Å²) >= 11 is 0. The van der Waals surface area contributed by atoms with Crippen LogP contribution in [0.3, 0.4) is 0 Å². The lowest BCUT2D eigenvalue weighted by Gasteiger charge is -2.13. The molecule has 0 amide bonds. The third-order valence-electron chi connectivity index (χ3n) is 6.13. The van der Waals surface area contributed by atoms with Crippen LogP contribution in [0.15, 0.2) is 60.8 Å². The van der Waals surface area contributed by atoms with Crippen molar-refractivity contribution >= 4 is 51.4 Å². The standard InChI is InChI=1S/C27H16F2N4O2P2/c28-27(29)21-9-15(1-5-18-12-30-25(31-18)36-13-34)2-6-19(21)20-7-3-16(10-22(20)27)17-4-8-23-24(11-17)33-26(32-23)37-14-35/h2-4,6-14,36-37H,(H,30,31)(H,32,33). The predicted molar refractivity (Wildman–Crippen MR) is 144 cm³/mol. The first-order valence-corrected chi connectivity index (χ1v) is 13.3. The SMILES string of the molecule is O=CPc1ncc(C#Cc2ccc3c(c2)C(F)(F)c2cc(-c4ccc5nc(PC=O)[nH]c5c4)ccc2-3)[nH]1. The van der Waals surface area contributed by atoms with E-state index in [2.05, 4.69) is 31.8 Å². The molecule has 180 valence electrons. The number of benzene rings is 3. The molecule has 10 heteroatoms. The van der Waals surface area contributed by atoms with Crippen LogP contribution in [0, 0.1) is 11.8 Å². The summed E-state index contributed by atoms with van der Waals surface area (Å²) < 4.78 is 31.3. The quantitative estimate of drug-likeness (QED) is 0.200. The highest BCUT2D eigenvalue weighted by atomic mass is 31.1. The molecule has 0 saturated heterocycles. The molecule has 6 nitrogen and oxygen atoms in total. The van der Waals surface area contributed by atoms with Crippen LogP contribution in [0.4, 0.5) is 8.78 Å². The van der Waals surface area contributed by atoms with Gasteiger partial charge in [0.1, 0.15) is 28.9 Å². The van der Waals surface area contributed by atoms with Gasteiger partial charge in [0.05, 0.1) is 17.2 Å². The first-order chi connectivity index (χ1) is 18.0. The van der Waals surface area contributed by atoms with Crippen LogP contribution in [0.2, 0.25) is 0 Å². The predicted octanol–water partition coefficient (Wildman–Crippen LogP) is 4.46. The molecular weight excluding hydrogens is 512 g/mol. The lowest BCUT2D eigenvalue weighted by molar-refractivity contribution is 0.0480. The summed E-state index contributed by atoms with van der Waals surface area (Å²) in [5.74, 6) is 2.61. The van der Waals surface area contributed by atoms with Gasteiger partial charge in [0.15, 0.2) is 0 Å². The van der Waals surface area contributed by atoms with E-state index in [0.717, 1.165) is 28.7 Å². The second kappa shape index (κ2) is 9.12. The Kier molecular flexibility index (Phi) is 5.76. The van der Waals surface area contributed by atoms with Crippen molar-refractivity contribution < 1.29 is 18.4 Å². The Morgan fingerprint density at radius 1 is 0.811 bits per heavy atom. The minimum absolute atomic E-state index is 0.0500. The Bertz CT molecular complexity index is 1780. The van der Waals surface area contributed by atoms with Gasteiger partial charge in [-0.25, -0.2) is 9.97 Å². The third-order valence-corrected chi connectivity index (χ3v) is 7.40. The van der Waals surface area contributed by atoms with Crippen LogP contribution in [0.1, 0.15) is 22.4 Å². The molecule has 1 aliphatic rings. The number of alkyl halides is 2. The van der Waals surface area contributed by atoms with Crippen molar-refractivity contribution in [2.24, 2.45) is 0 Å². The van der Waals surface area contributed by atoms with Crippen molar-refractivity contribution in [2.45, 2.75) is 5.92 Å². The smallest absolute Gasteiger partial charge is 0.299 e. The fraction of sp³-hybridized carbons (Fsp3) is 0.0370. The van der Waals surface area contributed by atoms with E-state index in [1.54, 1.807) is 18.2 Å². The van der Waals surface area contributed by atoms with E-state index >= 15 is 8.78 Å². The Morgan fingerprint density at radius 2 is 1.51 bits per heavy atom. The maximum atomic E-state index is 15.7. The molecule has 0 aliphatic heterocycles. The average molecular weight is 528 g/mol. The molecule has 0 saturated carbocycles. The van der Waals surface area contributed by atoms with Gasteiger partial charge < -0.3 is 9.97 Å². The molecule has 0 radical (unpaired) electrons. The first kappa shape index (κ1) is 23.4. The third kappa shape index (κ3) is 4.17. The molecule has 3 aromatic carbocycles. The zero-order valence-corrected chi connectivity index (χ0v) is 20.9. The number of carbonyl (C=O) groups is 2. The summed E-state index contributed by atoms with van der Waals surface area (Å²) in [4.78, 5) is 35.9. The highest BCUT2D eigenvalue weighted by Crippen LogP contribution is 2.52. The summed E-state index contributed by atoms with van der Waals surface area (Å²) in [6, 6.07) is 17.0. The van der Waals surface area contributed by atoms with Crippen LogP contribution >= 0.6 is 17.2 Å². The molecule has 2 heterocycles. The van der Waals surface area contributed by atoms with E-state index in [-0.39, 0.29) is 28.3 Å². The number of aromatic nitrogens is 4. The molecule has 0 fully saturated rings. The fourth-order valence-electron chi connectivity index (χ4n) is 4.45. The summed E-state index contributed by atoms with van der Waals surface area (Å²) in [6.45, 7) is 0. The molecule has 0 spiro atoms. The van der Waals surface area contributed by atoms with Crippen LogP contribution < -0.4 is 11.1 Å². The molecule has 2 N–H and O–H groups in total. The number of aromatic amines is 2. The molecule has 6 rings (SSSR count). The molecule has 0 bridgehead atoms. The first-order valence-electron chi connectivity index (χ1n) is 11.1. The minimum Gasteiger partial charge on any atom is -0.338 e. The average Bonchev–Trinajstić information content (AvgIpc) is 3.58. The normalized spacial score (nSPS) is 13.7. The lowest BCUT2D eigenvalue weighted by Crippen LogP contribution is -2.11. The zero-order valence-electron chi connectivity index (χ0n) is 18.9. The summed E-state index contributed by atoms with van der Waals surface area (Å²) in [6.07, 6.45) is 1.52. The zero-order chi connectivity index (χ0) is 25.6. The number of carbonyl (C=O) groups excluding carboxylic acids is 2. The number of nitrogens with zero attached hydrogens (tertiary/aromatic N) is 2. The van der Waals surface area contributed by atoms with Crippen molar-refractivity contribution in [3.63, 3.8) is 0 Å².